The maximum atomic E-state index is 12.6. The van der Waals surface area contributed by atoms with E-state index in [9.17, 15) is 9.59 Å². The molecule has 0 amide bonds. The molecule has 3 rings (SSSR count). The second-order valence-electron chi connectivity index (χ2n) is 6.58. The number of rotatable bonds is 8. The fourth-order valence-corrected chi connectivity index (χ4v) is 3.08. The highest BCUT2D eigenvalue weighted by Gasteiger charge is 2.18. The highest BCUT2D eigenvalue weighted by Crippen LogP contribution is 2.18. The smallest absolute Gasteiger partial charge is 0.338 e. The molecule has 28 heavy (non-hydrogen) atoms. The molecule has 0 saturated heterocycles. The first-order valence-corrected chi connectivity index (χ1v) is 8.97. The van der Waals surface area contributed by atoms with Gasteiger partial charge in [-0.1, -0.05) is 12.1 Å². The van der Waals surface area contributed by atoms with E-state index in [4.69, 9.17) is 13.9 Å². The number of nitrogens with zero attached hydrogens (tertiary/aromatic N) is 1. The van der Waals surface area contributed by atoms with Gasteiger partial charge in [-0.25, -0.2) is 4.79 Å². The molecular weight excluding hydrogens is 358 g/mol. The lowest BCUT2D eigenvalue weighted by Gasteiger charge is -2.08. The van der Waals surface area contributed by atoms with Gasteiger partial charge in [0, 0.05) is 24.1 Å². The zero-order valence-electron chi connectivity index (χ0n) is 16.2. The summed E-state index contributed by atoms with van der Waals surface area (Å²) in [6, 6.07) is 12.5. The monoisotopic (exact) mass is 381 g/mol. The van der Waals surface area contributed by atoms with E-state index in [0.717, 1.165) is 22.7 Å². The van der Waals surface area contributed by atoms with Gasteiger partial charge in [0.1, 0.15) is 5.76 Å². The Bertz CT molecular complexity index is 952. The van der Waals surface area contributed by atoms with E-state index in [1.54, 1.807) is 37.6 Å². The Kier molecular flexibility index (Phi) is 6.11. The lowest BCUT2D eigenvalue weighted by Crippen LogP contribution is -2.15. The first-order valence-electron chi connectivity index (χ1n) is 8.97. The Balaban J connectivity index is 1.64. The fourth-order valence-electron chi connectivity index (χ4n) is 3.08. The molecule has 0 radical (unpaired) electrons. The highest BCUT2D eigenvalue weighted by molar-refractivity contribution is 6.00. The van der Waals surface area contributed by atoms with Gasteiger partial charge in [0.25, 0.3) is 0 Å². The number of carbonyl (C=O) groups is 2. The van der Waals surface area contributed by atoms with Crippen LogP contribution in [0.1, 0.15) is 43.4 Å². The Morgan fingerprint density at radius 1 is 1.11 bits per heavy atom. The third-order valence-electron chi connectivity index (χ3n) is 4.60. The van der Waals surface area contributed by atoms with E-state index in [-0.39, 0.29) is 12.4 Å². The van der Waals surface area contributed by atoms with Gasteiger partial charge < -0.3 is 18.5 Å². The number of ether oxygens (including phenoxy) is 2. The summed E-state index contributed by atoms with van der Waals surface area (Å²) < 4.78 is 17.6. The SMILES string of the molecule is COCc1ccc(C(=O)OCC(=O)c2cc(C)n(Cc3ccco3)c2C)cc1. The number of hydrogen-bond donors (Lipinski definition) is 0. The first-order chi connectivity index (χ1) is 13.5. The van der Waals surface area contributed by atoms with Crippen LogP contribution in [0.25, 0.3) is 0 Å². The third kappa shape index (κ3) is 4.40. The summed E-state index contributed by atoms with van der Waals surface area (Å²) in [5, 5.41) is 0. The van der Waals surface area contributed by atoms with Crippen LogP contribution in [0.3, 0.4) is 0 Å². The molecule has 0 aliphatic heterocycles. The number of methoxy groups -OCH3 is 1. The van der Waals surface area contributed by atoms with Crippen LogP contribution in [-0.2, 0) is 22.6 Å². The molecule has 3 aromatic rings. The Hall–Kier alpha value is -3.12. The van der Waals surface area contributed by atoms with Gasteiger partial charge in [-0.2, -0.15) is 0 Å². The van der Waals surface area contributed by atoms with Gasteiger partial charge in [0.2, 0.25) is 5.78 Å². The Labute approximate surface area is 163 Å². The van der Waals surface area contributed by atoms with E-state index in [0.29, 0.717) is 24.3 Å². The number of hydrogen-bond acceptors (Lipinski definition) is 5. The van der Waals surface area contributed by atoms with Crippen LogP contribution >= 0.6 is 0 Å². The van der Waals surface area contributed by atoms with E-state index in [2.05, 4.69) is 0 Å². The standard InChI is InChI=1S/C22H23NO5/c1-15-11-20(16(2)23(15)12-19-5-4-10-27-19)21(24)14-28-22(25)18-8-6-17(7-9-18)13-26-3/h4-11H,12-14H2,1-3H3. The molecule has 0 N–H and O–H groups in total. The van der Waals surface area contributed by atoms with Gasteiger partial charge in [0.05, 0.1) is 25.0 Å². The quantitative estimate of drug-likeness (QED) is 0.437. The van der Waals surface area contributed by atoms with Crippen LogP contribution in [0, 0.1) is 13.8 Å². The molecule has 6 nitrogen and oxygen atoms in total. The molecule has 0 atom stereocenters. The molecular formula is C22H23NO5. The van der Waals surface area contributed by atoms with Crippen LogP contribution in [-0.4, -0.2) is 30.0 Å². The van der Waals surface area contributed by atoms with Crippen molar-refractivity contribution >= 4 is 11.8 Å². The first kappa shape index (κ1) is 19.6. The molecule has 0 spiro atoms. The second-order valence-corrected chi connectivity index (χ2v) is 6.58. The molecule has 6 heteroatoms. The Morgan fingerprint density at radius 3 is 2.50 bits per heavy atom. The molecule has 0 aliphatic rings. The summed E-state index contributed by atoms with van der Waals surface area (Å²) in [5.41, 5.74) is 3.67. The average molecular weight is 381 g/mol. The number of carbonyl (C=O) groups excluding carboxylic acids is 2. The van der Waals surface area contributed by atoms with Crippen molar-refractivity contribution in [3.8, 4) is 0 Å². The number of aromatic nitrogens is 1. The number of aryl methyl sites for hydroxylation is 1. The summed E-state index contributed by atoms with van der Waals surface area (Å²) >= 11 is 0. The summed E-state index contributed by atoms with van der Waals surface area (Å²) in [4.78, 5) is 24.8. The van der Waals surface area contributed by atoms with Crippen LogP contribution in [0.2, 0.25) is 0 Å². The lowest BCUT2D eigenvalue weighted by atomic mass is 10.1. The van der Waals surface area contributed by atoms with Crippen LogP contribution in [0.4, 0.5) is 0 Å². The van der Waals surface area contributed by atoms with E-state index < -0.39 is 5.97 Å². The summed E-state index contributed by atoms with van der Waals surface area (Å²) in [6.07, 6.45) is 1.62. The number of Topliss-reactive ketones (excluding diaryl/α,β-unsaturated/α-hetero) is 1. The minimum absolute atomic E-state index is 0.233. The summed E-state index contributed by atoms with van der Waals surface area (Å²) in [5.74, 6) is 0.0500. The van der Waals surface area contributed by atoms with Crippen molar-refractivity contribution in [3.63, 3.8) is 0 Å². The molecule has 2 aromatic heterocycles. The maximum Gasteiger partial charge on any atom is 0.338 e. The van der Waals surface area contributed by atoms with Gasteiger partial charge in [-0.05, 0) is 49.7 Å². The molecule has 0 bridgehead atoms. The number of ketones is 1. The molecule has 0 unspecified atom stereocenters. The highest BCUT2D eigenvalue weighted by atomic mass is 16.5. The predicted molar refractivity (Wildman–Crippen MR) is 103 cm³/mol. The van der Waals surface area contributed by atoms with Crippen LogP contribution in [0.15, 0.2) is 53.1 Å². The van der Waals surface area contributed by atoms with Crippen molar-refractivity contribution < 1.29 is 23.5 Å². The van der Waals surface area contributed by atoms with Crippen molar-refractivity contribution in [1.29, 1.82) is 0 Å². The van der Waals surface area contributed by atoms with Gasteiger partial charge in [-0.3, -0.25) is 4.79 Å². The van der Waals surface area contributed by atoms with Crippen LogP contribution in [0.5, 0.6) is 0 Å². The lowest BCUT2D eigenvalue weighted by molar-refractivity contribution is 0.0474. The van der Waals surface area contributed by atoms with E-state index in [1.807, 2.05) is 36.6 Å². The normalized spacial score (nSPS) is 10.8. The topological polar surface area (TPSA) is 70.7 Å². The molecule has 2 heterocycles. The number of esters is 1. The summed E-state index contributed by atoms with van der Waals surface area (Å²) in [6.45, 7) is 4.52. The molecule has 0 saturated carbocycles. The molecule has 146 valence electrons. The van der Waals surface area contributed by atoms with Crippen LogP contribution < -0.4 is 0 Å². The molecule has 0 aliphatic carbocycles. The van der Waals surface area contributed by atoms with Gasteiger partial charge in [-0.15, -0.1) is 0 Å². The van der Waals surface area contributed by atoms with Crippen molar-refractivity contribution in [2.45, 2.75) is 27.0 Å². The zero-order chi connectivity index (χ0) is 20.1. The number of furan rings is 1. The Morgan fingerprint density at radius 2 is 1.86 bits per heavy atom. The van der Waals surface area contributed by atoms with Crippen molar-refractivity contribution in [1.82, 2.24) is 4.57 Å². The van der Waals surface area contributed by atoms with Crippen molar-refractivity contribution in [2.24, 2.45) is 0 Å². The van der Waals surface area contributed by atoms with Crippen molar-refractivity contribution in [2.75, 3.05) is 13.7 Å². The molecule has 1 aromatic carbocycles. The minimum atomic E-state index is -0.526. The van der Waals surface area contributed by atoms with Gasteiger partial charge >= 0.3 is 5.97 Å². The minimum Gasteiger partial charge on any atom is -0.467 e. The predicted octanol–water partition coefficient (Wildman–Crippen LogP) is 3.93. The van der Waals surface area contributed by atoms with E-state index in [1.165, 1.54) is 0 Å². The number of benzene rings is 1. The second kappa shape index (κ2) is 8.71. The van der Waals surface area contributed by atoms with E-state index >= 15 is 0 Å². The third-order valence-corrected chi connectivity index (χ3v) is 4.60. The van der Waals surface area contributed by atoms with Crippen molar-refractivity contribution in [3.05, 3.63) is 82.6 Å². The maximum absolute atomic E-state index is 12.6. The average Bonchev–Trinajstić information content (AvgIpc) is 3.30. The largest absolute Gasteiger partial charge is 0.467 e. The van der Waals surface area contributed by atoms with Gasteiger partial charge in [0.15, 0.2) is 6.61 Å². The molecule has 0 fully saturated rings. The zero-order valence-corrected chi connectivity index (χ0v) is 16.2. The summed E-state index contributed by atoms with van der Waals surface area (Å²) in [7, 11) is 1.61. The fraction of sp³-hybridized carbons (Fsp3) is 0.273.